The van der Waals surface area contributed by atoms with E-state index in [1.165, 1.54) is 31.2 Å². The molecule has 2 aromatic rings. The van der Waals surface area contributed by atoms with Crippen LogP contribution in [0.2, 0.25) is 0 Å². The van der Waals surface area contributed by atoms with E-state index in [9.17, 15) is 4.79 Å². The van der Waals surface area contributed by atoms with Crippen molar-refractivity contribution in [2.45, 2.75) is 78.2 Å². The second-order valence-corrected chi connectivity index (χ2v) is 7.47. The molecular weight excluding hydrogens is 376 g/mol. The molecule has 0 saturated carbocycles. The van der Waals surface area contributed by atoms with Crippen molar-refractivity contribution in [2.24, 2.45) is 0 Å². The first-order chi connectivity index (χ1) is 14.6. The van der Waals surface area contributed by atoms with Gasteiger partial charge in [-0.1, -0.05) is 57.4 Å². The summed E-state index contributed by atoms with van der Waals surface area (Å²) in [5.74, 6) is 1.16. The number of rotatable bonds is 13. The molecular formula is C25H34N2O3. The van der Waals surface area contributed by atoms with Gasteiger partial charge in [-0.05, 0) is 44.2 Å². The maximum Gasteiger partial charge on any atom is 0.305 e. The first-order valence-electron chi connectivity index (χ1n) is 11.0. The van der Waals surface area contributed by atoms with Crippen molar-refractivity contribution in [3.8, 4) is 17.1 Å². The van der Waals surface area contributed by atoms with Crippen LogP contribution in [0.1, 0.15) is 71.3 Å². The summed E-state index contributed by atoms with van der Waals surface area (Å²) in [4.78, 5) is 20.1. The number of esters is 1. The summed E-state index contributed by atoms with van der Waals surface area (Å²) in [6.45, 7) is 5.95. The fourth-order valence-electron chi connectivity index (χ4n) is 2.97. The monoisotopic (exact) mass is 410 g/mol. The second-order valence-electron chi connectivity index (χ2n) is 7.47. The molecule has 0 N–H and O–H groups in total. The van der Waals surface area contributed by atoms with E-state index in [1.54, 1.807) is 25.6 Å². The summed E-state index contributed by atoms with van der Waals surface area (Å²) in [7, 11) is 0. The number of carbonyl (C=O) groups is 1. The highest BCUT2D eigenvalue weighted by molar-refractivity contribution is 5.69. The molecule has 5 heteroatoms. The molecule has 0 aliphatic carbocycles. The minimum atomic E-state index is -0.148. The molecule has 0 aliphatic rings. The molecule has 2 rings (SSSR count). The van der Waals surface area contributed by atoms with Gasteiger partial charge in [0.2, 0.25) is 0 Å². The van der Waals surface area contributed by atoms with E-state index in [-0.39, 0.29) is 12.1 Å². The van der Waals surface area contributed by atoms with Gasteiger partial charge in [0.1, 0.15) is 0 Å². The van der Waals surface area contributed by atoms with Gasteiger partial charge in [0, 0.05) is 12.0 Å². The number of hydrogen-bond donors (Lipinski definition) is 0. The lowest BCUT2D eigenvalue weighted by atomic mass is 10.1. The zero-order chi connectivity index (χ0) is 21.6. The molecule has 0 saturated heterocycles. The molecule has 0 bridgehead atoms. The van der Waals surface area contributed by atoms with Gasteiger partial charge in [-0.2, -0.15) is 0 Å². The quantitative estimate of drug-likeness (QED) is 0.221. The number of aryl methyl sites for hydroxylation is 1. The first-order valence-corrected chi connectivity index (χ1v) is 11.0. The van der Waals surface area contributed by atoms with Crippen LogP contribution in [0, 0.1) is 0 Å². The highest BCUT2D eigenvalue weighted by Gasteiger charge is 2.08. The van der Waals surface area contributed by atoms with Crippen LogP contribution in [0.3, 0.4) is 0 Å². The lowest BCUT2D eigenvalue weighted by Crippen LogP contribution is -2.14. The Labute approximate surface area is 180 Å². The van der Waals surface area contributed by atoms with Crippen LogP contribution in [0.4, 0.5) is 0 Å². The van der Waals surface area contributed by atoms with Gasteiger partial charge >= 0.3 is 5.97 Å². The van der Waals surface area contributed by atoms with E-state index in [0.29, 0.717) is 18.0 Å². The first kappa shape index (κ1) is 23.6. The normalized spacial score (nSPS) is 12.1. The van der Waals surface area contributed by atoms with Crippen LogP contribution in [-0.4, -0.2) is 22.0 Å². The molecule has 5 nitrogen and oxygen atoms in total. The third kappa shape index (κ3) is 8.76. The van der Waals surface area contributed by atoms with Gasteiger partial charge in [-0.3, -0.25) is 4.79 Å². The summed E-state index contributed by atoms with van der Waals surface area (Å²) < 4.78 is 10.9. The van der Waals surface area contributed by atoms with Gasteiger partial charge < -0.3 is 9.47 Å². The summed E-state index contributed by atoms with van der Waals surface area (Å²) in [5, 5.41) is 0. The Bertz CT molecular complexity index is 770. The Morgan fingerprint density at radius 1 is 1.07 bits per heavy atom. The van der Waals surface area contributed by atoms with Crippen LogP contribution in [-0.2, 0) is 16.0 Å². The predicted molar refractivity (Wildman–Crippen MR) is 120 cm³/mol. The van der Waals surface area contributed by atoms with E-state index in [0.717, 1.165) is 24.8 Å². The average Bonchev–Trinajstić information content (AvgIpc) is 2.78. The Morgan fingerprint density at radius 3 is 2.47 bits per heavy atom. The lowest BCUT2D eigenvalue weighted by Gasteiger charge is -2.12. The molecule has 1 atom stereocenters. The van der Waals surface area contributed by atoms with Crippen molar-refractivity contribution in [3.63, 3.8) is 0 Å². The van der Waals surface area contributed by atoms with Crippen molar-refractivity contribution in [2.75, 3.05) is 0 Å². The Kier molecular flexibility index (Phi) is 10.6. The number of aromatic nitrogens is 2. The van der Waals surface area contributed by atoms with Gasteiger partial charge in [0.25, 0.3) is 0 Å². The van der Waals surface area contributed by atoms with Crippen molar-refractivity contribution >= 4 is 5.97 Å². The topological polar surface area (TPSA) is 61.3 Å². The largest absolute Gasteiger partial charge is 0.463 e. The molecule has 1 aromatic carbocycles. The summed E-state index contributed by atoms with van der Waals surface area (Å²) in [6, 6.07) is 8.17. The molecule has 0 aliphatic heterocycles. The van der Waals surface area contributed by atoms with E-state index in [1.807, 2.05) is 25.1 Å². The summed E-state index contributed by atoms with van der Waals surface area (Å²) >= 11 is 0. The van der Waals surface area contributed by atoms with E-state index < -0.39 is 0 Å². The van der Waals surface area contributed by atoms with E-state index in [2.05, 4.69) is 29.0 Å². The molecule has 0 amide bonds. The number of nitrogens with zero attached hydrogens (tertiary/aromatic N) is 2. The van der Waals surface area contributed by atoms with Crippen molar-refractivity contribution in [1.29, 1.82) is 0 Å². The Hall–Kier alpha value is -2.69. The summed E-state index contributed by atoms with van der Waals surface area (Å²) in [5.41, 5.74) is 2.16. The van der Waals surface area contributed by atoms with Gasteiger partial charge in [0.15, 0.2) is 11.6 Å². The molecule has 0 fully saturated rings. The van der Waals surface area contributed by atoms with E-state index >= 15 is 0 Å². The van der Waals surface area contributed by atoms with Crippen LogP contribution >= 0.6 is 0 Å². The van der Waals surface area contributed by atoms with Crippen molar-refractivity contribution in [1.82, 2.24) is 9.97 Å². The van der Waals surface area contributed by atoms with Crippen molar-refractivity contribution in [3.05, 3.63) is 54.6 Å². The number of allylic oxidation sites excluding steroid dienone is 1. The number of hydrogen-bond acceptors (Lipinski definition) is 5. The number of benzene rings is 1. The molecule has 1 heterocycles. The number of carbonyl (C=O) groups excluding carboxylic acids is 1. The highest BCUT2D eigenvalue weighted by atomic mass is 16.5. The number of unbranched alkanes of at least 4 members (excludes halogenated alkanes) is 4. The predicted octanol–water partition coefficient (Wildman–Crippen LogP) is 6.28. The number of ether oxygens (including phenoxy) is 2. The maximum atomic E-state index is 11.3. The highest BCUT2D eigenvalue weighted by Crippen LogP contribution is 2.18. The molecule has 0 spiro atoms. The SMILES string of the molecule is CCCCCCC=COc1cnc(-c2ccc(CCC(C)OC(=O)CC)cc2)nc1. The Morgan fingerprint density at radius 2 is 1.80 bits per heavy atom. The zero-order valence-electron chi connectivity index (χ0n) is 18.5. The van der Waals surface area contributed by atoms with Gasteiger partial charge in [0.05, 0.1) is 24.8 Å². The molecule has 1 unspecified atom stereocenters. The van der Waals surface area contributed by atoms with Crippen molar-refractivity contribution < 1.29 is 14.3 Å². The second kappa shape index (κ2) is 13.5. The van der Waals surface area contributed by atoms with Crippen LogP contribution in [0.25, 0.3) is 11.4 Å². The maximum absolute atomic E-state index is 11.3. The fraction of sp³-hybridized carbons (Fsp3) is 0.480. The molecule has 0 radical (unpaired) electrons. The average molecular weight is 411 g/mol. The third-order valence-electron chi connectivity index (χ3n) is 4.83. The minimum Gasteiger partial charge on any atom is -0.463 e. The fourth-order valence-corrected chi connectivity index (χ4v) is 2.97. The van der Waals surface area contributed by atoms with Crippen LogP contribution in [0.15, 0.2) is 49.0 Å². The van der Waals surface area contributed by atoms with Crippen LogP contribution < -0.4 is 4.74 Å². The van der Waals surface area contributed by atoms with Gasteiger partial charge in [-0.25, -0.2) is 9.97 Å². The Balaban J connectivity index is 1.79. The lowest BCUT2D eigenvalue weighted by molar-refractivity contribution is -0.148. The zero-order valence-corrected chi connectivity index (χ0v) is 18.5. The van der Waals surface area contributed by atoms with E-state index in [4.69, 9.17) is 9.47 Å². The summed E-state index contributed by atoms with van der Waals surface area (Å²) in [6.07, 6.45) is 15.2. The van der Waals surface area contributed by atoms with Crippen LogP contribution in [0.5, 0.6) is 5.75 Å². The molecule has 1 aromatic heterocycles. The smallest absolute Gasteiger partial charge is 0.305 e. The van der Waals surface area contributed by atoms with Gasteiger partial charge in [-0.15, -0.1) is 0 Å². The third-order valence-corrected chi connectivity index (χ3v) is 4.83. The standard InChI is InChI=1S/C25H34N2O3/c1-4-6-7-8-9-10-17-29-23-18-26-25(27-19-23)22-15-13-21(14-16-22)12-11-20(3)30-24(28)5-2/h10,13-20H,4-9,11-12H2,1-3H3. The molecule has 30 heavy (non-hydrogen) atoms. The molecule has 162 valence electrons. The minimum absolute atomic E-state index is 0.0709.